The Balaban J connectivity index is 1.65. The summed E-state index contributed by atoms with van der Waals surface area (Å²) in [5, 5.41) is 3.15. The van der Waals surface area contributed by atoms with E-state index in [4.69, 9.17) is 9.47 Å². The van der Waals surface area contributed by atoms with Crippen molar-refractivity contribution in [3.8, 4) is 5.75 Å². The number of hydrogen-bond donors (Lipinski definition) is 1. The van der Waals surface area contributed by atoms with Gasteiger partial charge in [0.2, 0.25) is 0 Å². The molecule has 0 aliphatic carbocycles. The third-order valence-electron chi connectivity index (χ3n) is 4.93. The number of carbonyl (C=O) groups is 1. The van der Waals surface area contributed by atoms with Crippen molar-refractivity contribution < 1.29 is 14.3 Å². The van der Waals surface area contributed by atoms with Gasteiger partial charge in [-0.15, -0.1) is 0 Å². The van der Waals surface area contributed by atoms with E-state index in [1.165, 1.54) is 0 Å². The van der Waals surface area contributed by atoms with E-state index in [1.54, 1.807) is 7.11 Å². The quantitative estimate of drug-likeness (QED) is 0.814. The molecule has 2 aromatic rings. The van der Waals surface area contributed by atoms with Gasteiger partial charge in [0.15, 0.2) is 0 Å². The standard InChI is InChI=1S/C22H28N2O3/c1-3-21(18-7-9-20(26-2)10-8-18)23-22(25)19-6-4-5-17(15-19)16-24-11-13-27-14-12-24/h4-10,15,21H,3,11-14,16H2,1-2H3,(H,23,25)/t21-/m1/s1. The average molecular weight is 368 g/mol. The van der Waals surface area contributed by atoms with Crippen LogP contribution in [0.2, 0.25) is 0 Å². The van der Waals surface area contributed by atoms with E-state index in [2.05, 4.69) is 23.2 Å². The van der Waals surface area contributed by atoms with Crippen LogP contribution in [0.5, 0.6) is 5.75 Å². The van der Waals surface area contributed by atoms with Crippen LogP contribution >= 0.6 is 0 Å². The highest BCUT2D eigenvalue weighted by Crippen LogP contribution is 2.21. The van der Waals surface area contributed by atoms with Gasteiger partial charge in [0, 0.05) is 25.2 Å². The van der Waals surface area contributed by atoms with Crippen molar-refractivity contribution in [1.82, 2.24) is 10.2 Å². The van der Waals surface area contributed by atoms with Crippen LogP contribution in [0.25, 0.3) is 0 Å². The number of hydrogen-bond acceptors (Lipinski definition) is 4. The first-order chi connectivity index (χ1) is 13.2. The molecular weight excluding hydrogens is 340 g/mol. The second kappa shape index (κ2) is 9.53. The topological polar surface area (TPSA) is 50.8 Å². The third kappa shape index (κ3) is 5.31. The minimum atomic E-state index is -0.0403. The highest BCUT2D eigenvalue weighted by atomic mass is 16.5. The zero-order chi connectivity index (χ0) is 19.1. The molecule has 1 aliphatic rings. The fourth-order valence-electron chi connectivity index (χ4n) is 3.33. The zero-order valence-corrected chi connectivity index (χ0v) is 16.1. The molecule has 144 valence electrons. The number of benzene rings is 2. The minimum absolute atomic E-state index is 0.0219. The van der Waals surface area contributed by atoms with Crippen LogP contribution in [0.3, 0.4) is 0 Å². The van der Waals surface area contributed by atoms with Gasteiger partial charge in [-0.1, -0.05) is 31.2 Å². The van der Waals surface area contributed by atoms with Crippen molar-refractivity contribution in [1.29, 1.82) is 0 Å². The summed E-state index contributed by atoms with van der Waals surface area (Å²) in [7, 11) is 1.65. The van der Waals surface area contributed by atoms with Gasteiger partial charge in [0.25, 0.3) is 5.91 Å². The van der Waals surface area contributed by atoms with Gasteiger partial charge >= 0.3 is 0 Å². The first-order valence-electron chi connectivity index (χ1n) is 9.53. The van der Waals surface area contributed by atoms with E-state index in [0.717, 1.165) is 56.1 Å². The number of carbonyl (C=O) groups excluding carboxylic acids is 1. The number of methoxy groups -OCH3 is 1. The smallest absolute Gasteiger partial charge is 0.251 e. The number of amides is 1. The molecule has 0 radical (unpaired) electrons. The van der Waals surface area contributed by atoms with E-state index < -0.39 is 0 Å². The third-order valence-corrected chi connectivity index (χ3v) is 4.93. The number of nitrogens with one attached hydrogen (secondary N) is 1. The lowest BCUT2D eigenvalue weighted by atomic mass is 10.0. The summed E-state index contributed by atoms with van der Waals surface area (Å²) in [6, 6.07) is 15.7. The van der Waals surface area contributed by atoms with E-state index >= 15 is 0 Å². The molecule has 3 rings (SSSR count). The monoisotopic (exact) mass is 368 g/mol. The Morgan fingerprint density at radius 2 is 1.93 bits per heavy atom. The molecule has 0 aromatic heterocycles. The fourth-order valence-corrected chi connectivity index (χ4v) is 3.33. The maximum Gasteiger partial charge on any atom is 0.251 e. The molecule has 1 N–H and O–H groups in total. The molecule has 0 bridgehead atoms. The first kappa shape index (κ1) is 19.4. The van der Waals surface area contributed by atoms with Crippen molar-refractivity contribution in [2.24, 2.45) is 0 Å². The molecule has 0 saturated carbocycles. The molecule has 2 aromatic carbocycles. The summed E-state index contributed by atoms with van der Waals surface area (Å²) in [5.74, 6) is 0.775. The van der Waals surface area contributed by atoms with E-state index in [1.807, 2.05) is 42.5 Å². The summed E-state index contributed by atoms with van der Waals surface area (Å²) < 4.78 is 10.6. The van der Waals surface area contributed by atoms with Crippen molar-refractivity contribution in [2.45, 2.75) is 25.9 Å². The second-order valence-corrected chi connectivity index (χ2v) is 6.80. The summed E-state index contributed by atoms with van der Waals surface area (Å²) in [6.45, 7) is 6.35. The largest absolute Gasteiger partial charge is 0.497 e. The minimum Gasteiger partial charge on any atom is -0.497 e. The van der Waals surface area contributed by atoms with Gasteiger partial charge in [0.1, 0.15) is 5.75 Å². The SMILES string of the molecule is CC[C@@H](NC(=O)c1cccc(CN2CCOCC2)c1)c1ccc(OC)cc1. The normalized spacial score (nSPS) is 15.9. The van der Waals surface area contributed by atoms with E-state index in [0.29, 0.717) is 5.56 Å². The van der Waals surface area contributed by atoms with Gasteiger partial charge in [-0.05, 0) is 41.8 Å². The molecule has 5 heteroatoms. The Morgan fingerprint density at radius 1 is 1.19 bits per heavy atom. The highest BCUT2D eigenvalue weighted by Gasteiger charge is 2.16. The Hall–Kier alpha value is -2.37. The Bertz CT molecular complexity index is 739. The molecule has 1 heterocycles. The van der Waals surface area contributed by atoms with Crippen molar-refractivity contribution in [2.75, 3.05) is 33.4 Å². The number of morpholine rings is 1. The molecule has 1 aliphatic heterocycles. The van der Waals surface area contributed by atoms with Gasteiger partial charge < -0.3 is 14.8 Å². The van der Waals surface area contributed by atoms with Crippen LogP contribution in [-0.2, 0) is 11.3 Å². The predicted octanol–water partition coefficient (Wildman–Crippen LogP) is 3.41. The van der Waals surface area contributed by atoms with Gasteiger partial charge in [-0.2, -0.15) is 0 Å². The molecule has 1 saturated heterocycles. The first-order valence-corrected chi connectivity index (χ1v) is 9.53. The van der Waals surface area contributed by atoms with E-state index in [-0.39, 0.29) is 11.9 Å². The van der Waals surface area contributed by atoms with Crippen LogP contribution in [0.15, 0.2) is 48.5 Å². The van der Waals surface area contributed by atoms with Crippen molar-refractivity contribution in [3.63, 3.8) is 0 Å². The molecule has 1 atom stereocenters. The van der Waals surface area contributed by atoms with Gasteiger partial charge in [-0.3, -0.25) is 9.69 Å². The molecule has 0 unspecified atom stereocenters. The maximum absolute atomic E-state index is 12.8. The molecule has 0 spiro atoms. The summed E-state index contributed by atoms with van der Waals surface area (Å²) >= 11 is 0. The van der Waals surface area contributed by atoms with Crippen molar-refractivity contribution >= 4 is 5.91 Å². The molecule has 1 amide bonds. The van der Waals surface area contributed by atoms with Crippen LogP contribution < -0.4 is 10.1 Å². The Kier molecular flexibility index (Phi) is 6.85. The number of rotatable bonds is 7. The van der Waals surface area contributed by atoms with Crippen molar-refractivity contribution in [3.05, 3.63) is 65.2 Å². The average Bonchev–Trinajstić information content (AvgIpc) is 2.73. The molecule has 27 heavy (non-hydrogen) atoms. The fraction of sp³-hybridized carbons (Fsp3) is 0.409. The molecular formula is C22H28N2O3. The summed E-state index contributed by atoms with van der Waals surface area (Å²) in [4.78, 5) is 15.1. The Morgan fingerprint density at radius 3 is 2.59 bits per heavy atom. The van der Waals surface area contributed by atoms with Crippen LogP contribution in [0.1, 0.15) is 40.9 Å². The van der Waals surface area contributed by atoms with E-state index in [9.17, 15) is 4.79 Å². The molecule has 1 fully saturated rings. The Labute approximate surface area is 161 Å². The van der Waals surface area contributed by atoms with Gasteiger partial charge in [0.05, 0.1) is 26.4 Å². The zero-order valence-electron chi connectivity index (χ0n) is 16.1. The van der Waals surface area contributed by atoms with Crippen LogP contribution in [-0.4, -0.2) is 44.2 Å². The number of nitrogens with zero attached hydrogens (tertiary/aromatic N) is 1. The lowest BCUT2D eigenvalue weighted by Crippen LogP contribution is -2.35. The predicted molar refractivity (Wildman–Crippen MR) is 106 cm³/mol. The second-order valence-electron chi connectivity index (χ2n) is 6.80. The van der Waals surface area contributed by atoms with Crippen LogP contribution in [0.4, 0.5) is 0 Å². The molecule has 5 nitrogen and oxygen atoms in total. The van der Waals surface area contributed by atoms with Gasteiger partial charge in [-0.25, -0.2) is 0 Å². The highest BCUT2D eigenvalue weighted by molar-refractivity contribution is 5.94. The lowest BCUT2D eigenvalue weighted by molar-refractivity contribution is 0.0342. The summed E-state index contributed by atoms with van der Waals surface area (Å²) in [6.07, 6.45) is 0.825. The maximum atomic E-state index is 12.8. The summed E-state index contributed by atoms with van der Waals surface area (Å²) in [5.41, 5.74) is 2.94. The lowest BCUT2D eigenvalue weighted by Gasteiger charge is -2.26. The number of ether oxygens (including phenoxy) is 2. The van der Waals surface area contributed by atoms with Crippen LogP contribution in [0, 0.1) is 0 Å².